The fraction of sp³-hybridized carbons (Fsp3) is 0.211. The molecule has 1 N–H and O–H groups in total. The van der Waals surface area contributed by atoms with Crippen LogP contribution in [0.25, 0.3) is 0 Å². The number of nitrogens with zero attached hydrogens (tertiary/aromatic N) is 1. The van der Waals surface area contributed by atoms with Crippen LogP contribution in [0.3, 0.4) is 0 Å². The molecular formula is C19H17Cl3N2O7S. The van der Waals surface area contributed by atoms with Gasteiger partial charge in [-0.15, -0.1) is 0 Å². The lowest BCUT2D eigenvalue weighted by molar-refractivity contribution is -0.114. The summed E-state index contributed by atoms with van der Waals surface area (Å²) < 4.78 is 34.7. The molecule has 0 bridgehead atoms. The number of ether oxygens (including phenoxy) is 2. The highest BCUT2D eigenvalue weighted by Gasteiger charge is 2.25. The maximum Gasteiger partial charge on any atom is 0.339 e. The molecule has 32 heavy (non-hydrogen) atoms. The second-order valence-corrected chi connectivity index (χ2v) is 9.41. The predicted molar refractivity (Wildman–Crippen MR) is 121 cm³/mol. The number of sulfonamides is 1. The second-order valence-electron chi connectivity index (χ2n) is 6.28. The zero-order valence-corrected chi connectivity index (χ0v) is 20.0. The minimum absolute atomic E-state index is 0.0267. The average molecular weight is 524 g/mol. The van der Waals surface area contributed by atoms with Crippen molar-refractivity contribution in [2.75, 3.05) is 36.6 Å². The zero-order valence-electron chi connectivity index (χ0n) is 16.9. The lowest BCUT2D eigenvalue weighted by Crippen LogP contribution is -2.38. The number of methoxy groups -OCH3 is 2. The van der Waals surface area contributed by atoms with E-state index in [9.17, 15) is 22.8 Å². The van der Waals surface area contributed by atoms with Crippen molar-refractivity contribution in [2.24, 2.45) is 0 Å². The van der Waals surface area contributed by atoms with Gasteiger partial charge in [0.25, 0.3) is 0 Å². The molecule has 0 spiro atoms. The van der Waals surface area contributed by atoms with Crippen LogP contribution in [0, 0.1) is 0 Å². The number of rotatable bonds is 7. The van der Waals surface area contributed by atoms with Gasteiger partial charge in [-0.2, -0.15) is 0 Å². The lowest BCUT2D eigenvalue weighted by Gasteiger charge is -2.23. The van der Waals surface area contributed by atoms with Crippen molar-refractivity contribution < 1.29 is 32.3 Å². The first-order valence-corrected chi connectivity index (χ1v) is 11.6. The van der Waals surface area contributed by atoms with Gasteiger partial charge in [0.2, 0.25) is 15.9 Å². The van der Waals surface area contributed by atoms with E-state index in [1.165, 1.54) is 37.4 Å². The number of carbonyl (C=O) groups is 3. The molecule has 0 aromatic heterocycles. The van der Waals surface area contributed by atoms with E-state index in [1.54, 1.807) is 0 Å². The standard InChI is InChI=1S/C19H17Cl3N2O7S/c1-30-18(26)10-4-5-11(19(27)31-2)15(6-10)23-17(25)9-24(32(3,28)29)16-8-13(21)12(20)7-14(16)22/h4-8H,9H2,1-3H3,(H,23,25). The number of hydrogen-bond acceptors (Lipinski definition) is 7. The number of esters is 2. The SMILES string of the molecule is COC(=O)c1ccc(C(=O)OC)c(NC(=O)CN(c2cc(Cl)c(Cl)cc2Cl)S(C)(=O)=O)c1. The van der Waals surface area contributed by atoms with E-state index < -0.39 is 34.4 Å². The fourth-order valence-electron chi connectivity index (χ4n) is 2.58. The summed E-state index contributed by atoms with van der Waals surface area (Å²) in [7, 11) is -1.69. The van der Waals surface area contributed by atoms with Crippen LogP contribution < -0.4 is 9.62 Å². The summed E-state index contributed by atoms with van der Waals surface area (Å²) in [5, 5.41) is 2.48. The van der Waals surface area contributed by atoms with Gasteiger partial charge in [0.05, 0.1) is 58.0 Å². The van der Waals surface area contributed by atoms with E-state index in [0.717, 1.165) is 17.7 Å². The van der Waals surface area contributed by atoms with E-state index >= 15 is 0 Å². The van der Waals surface area contributed by atoms with E-state index in [0.29, 0.717) is 0 Å². The molecule has 0 heterocycles. The summed E-state index contributed by atoms with van der Waals surface area (Å²) in [5.41, 5.74) is -0.177. The highest BCUT2D eigenvalue weighted by Crippen LogP contribution is 2.35. The molecule has 0 saturated heterocycles. The van der Waals surface area contributed by atoms with Crippen molar-refractivity contribution in [2.45, 2.75) is 0 Å². The van der Waals surface area contributed by atoms with E-state index in [2.05, 4.69) is 14.8 Å². The quantitative estimate of drug-likeness (QED) is 0.435. The van der Waals surface area contributed by atoms with Crippen LogP contribution in [-0.2, 0) is 24.3 Å². The third-order valence-corrected chi connectivity index (χ3v) is 6.22. The Bertz CT molecular complexity index is 1190. The smallest absolute Gasteiger partial charge is 0.339 e. The monoisotopic (exact) mass is 522 g/mol. The summed E-state index contributed by atoms with van der Waals surface area (Å²) in [4.78, 5) is 36.6. The number of carbonyl (C=O) groups excluding carboxylic acids is 3. The van der Waals surface area contributed by atoms with Gasteiger partial charge in [-0.25, -0.2) is 18.0 Å². The van der Waals surface area contributed by atoms with Crippen molar-refractivity contribution in [3.05, 3.63) is 56.5 Å². The second kappa shape index (κ2) is 10.4. The van der Waals surface area contributed by atoms with Crippen LogP contribution in [0.1, 0.15) is 20.7 Å². The van der Waals surface area contributed by atoms with Crippen LogP contribution in [0.5, 0.6) is 0 Å². The predicted octanol–water partition coefficient (Wildman–Crippen LogP) is 3.62. The molecule has 1 amide bonds. The number of benzene rings is 2. The number of halogens is 3. The minimum atomic E-state index is -3.99. The first kappa shape index (κ1) is 25.7. The fourth-order valence-corrected chi connectivity index (χ4v) is 4.14. The number of anilines is 2. The van der Waals surface area contributed by atoms with Gasteiger partial charge in [-0.05, 0) is 30.3 Å². The molecule has 2 aromatic carbocycles. The molecule has 0 atom stereocenters. The Morgan fingerprint density at radius 3 is 2.09 bits per heavy atom. The molecule has 0 saturated carbocycles. The highest BCUT2D eigenvalue weighted by atomic mass is 35.5. The molecule has 2 rings (SSSR count). The number of amides is 1. The summed E-state index contributed by atoms with van der Waals surface area (Å²) in [5.74, 6) is -2.34. The summed E-state index contributed by atoms with van der Waals surface area (Å²) in [6.07, 6.45) is 0.872. The number of hydrogen-bond donors (Lipinski definition) is 1. The maximum absolute atomic E-state index is 12.7. The van der Waals surface area contributed by atoms with Crippen molar-refractivity contribution in [3.8, 4) is 0 Å². The highest BCUT2D eigenvalue weighted by molar-refractivity contribution is 7.92. The van der Waals surface area contributed by atoms with Gasteiger partial charge in [-0.3, -0.25) is 9.10 Å². The molecular weight excluding hydrogens is 507 g/mol. The van der Waals surface area contributed by atoms with Gasteiger partial charge >= 0.3 is 11.9 Å². The zero-order chi connectivity index (χ0) is 24.2. The Morgan fingerprint density at radius 2 is 1.53 bits per heavy atom. The first-order valence-electron chi connectivity index (χ1n) is 8.61. The van der Waals surface area contributed by atoms with Gasteiger partial charge in [-0.1, -0.05) is 34.8 Å². The van der Waals surface area contributed by atoms with E-state index in [4.69, 9.17) is 34.8 Å². The maximum atomic E-state index is 12.7. The van der Waals surface area contributed by atoms with Crippen LogP contribution >= 0.6 is 34.8 Å². The Labute approximate surface area is 199 Å². The van der Waals surface area contributed by atoms with Gasteiger partial charge in [0.15, 0.2) is 0 Å². The normalized spacial score (nSPS) is 10.9. The topological polar surface area (TPSA) is 119 Å². The summed E-state index contributed by atoms with van der Waals surface area (Å²) in [6, 6.07) is 6.22. The van der Waals surface area contributed by atoms with Crippen LogP contribution in [0.15, 0.2) is 30.3 Å². The van der Waals surface area contributed by atoms with Gasteiger partial charge < -0.3 is 14.8 Å². The Kier molecular flexibility index (Phi) is 8.35. The molecule has 172 valence electrons. The number of nitrogens with one attached hydrogen (secondary N) is 1. The third-order valence-electron chi connectivity index (χ3n) is 4.07. The molecule has 2 aromatic rings. The molecule has 0 fully saturated rings. The van der Waals surface area contributed by atoms with Crippen LogP contribution in [0.2, 0.25) is 15.1 Å². The molecule has 0 aliphatic carbocycles. The summed E-state index contributed by atoms with van der Waals surface area (Å²) in [6.45, 7) is -0.723. The summed E-state index contributed by atoms with van der Waals surface area (Å²) >= 11 is 18.0. The Hall–Kier alpha value is -2.53. The molecule has 0 unspecified atom stereocenters. The molecule has 0 aliphatic heterocycles. The van der Waals surface area contributed by atoms with Crippen molar-refractivity contribution in [1.82, 2.24) is 0 Å². The van der Waals surface area contributed by atoms with E-state index in [-0.39, 0.29) is 37.6 Å². The van der Waals surface area contributed by atoms with E-state index in [1.807, 2.05) is 0 Å². The molecule has 13 heteroatoms. The Balaban J connectivity index is 2.43. The van der Waals surface area contributed by atoms with Gasteiger partial charge in [0.1, 0.15) is 6.54 Å². The largest absolute Gasteiger partial charge is 0.465 e. The molecule has 0 radical (unpaired) electrons. The van der Waals surface area contributed by atoms with Crippen LogP contribution in [-0.4, -0.2) is 53.3 Å². The molecule has 9 nitrogen and oxygen atoms in total. The lowest BCUT2D eigenvalue weighted by atomic mass is 10.1. The van der Waals surface area contributed by atoms with Crippen molar-refractivity contribution in [1.29, 1.82) is 0 Å². The minimum Gasteiger partial charge on any atom is -0.465 e. The third kappa shape index (κ3) is 6.04. The van der Waals surface area contributed by atoms with Crippen LogP contribution in [0.4, 0.5) is 11.4 Å². The van der Waals surface area contributed by atoms with Crippen molar-refractivity contribution >= 4 is 74.0 Å². The first-order chi connectivity index (χ1) is 14.9. The Morgan fingerprint density at radius 1 is 0.938 bits per heavy atom. The average Bonchev–Trinajstić information content (AvgIpc) is 2.72. The van der Waals surface area contributed by atoms with Gasteiger partial charge in [0, 0.05) is 0 Å². The molecule has 0 aliphatic rings. The van der Waals surface area contributed by atoms with Crippen molar-refractivity contribution in [3.63, 3.8) is 0 Å².